The molecule has 2 N–H and O–H groups in total. The van der Waals surface area contributed by atoms with Crippen LogP contribution in [0.1, 0.15) is 51.0 Å². The molecule has 182 valence electrons. The zero-order valence-corrected chi connectivity index (χ0v) is 20.7. The number of aromatic nitrogens is 5. The number of aryl methyl sites for hydroxylation is 1. The number of fused-ring (bicyclic) bond motifs is 2. The van der Waals surface area contributed by atoms with Gasteiger partial charge in [-0.2, -0.15) is 0 Å². The summed E-state index contributed by atoms with van der Waals surface area (Å²) in [5.41, 5.74) is 2.52. The lowest BCUT2D eigenvalue weighted by atomic mass is 9.95. The van der Waals surface area contributed by atoms with Crippen molar-refractivity contribution < 1.29 is 4.79 Å². The van der Waals surface area contributed by atoms with Gasteiger partial charge in [0, 0.05) is 42.1 Å². The van der Waals surface area contributed by atoms with Gasteiger partial charge in [-0.05, 0) is 37.3 Å². The number of rotatable bonds is 8. The molecule has 1 aliphatic rings. The second kappa shape index (κ2) is 10.6. The Morgan fingerprint density at radius 1 is 1.20 bits per heavy atom. The summed E-state index contributed by atoms with van der Waals surface area (Å²) in [6, 6.07) is 8.36. The third kappa shape index (κ3) is 5.10. The summed E-state index contributed by atoms with van der Waals surface area (Å²) < 4.78 is 1.65. The van der Waals surface area contributed by atoms with Gasteiger partial charge in [0.2, 0.25) is 5.91 Å². The molecule has 3 heterocycles. The number of hydrogen-bond donors (Lipinski definition) is 2. The lowest BCUT2D eigenvalue weighted by Crippen LogP contribution is -2.41. The Morgan fingerprint density at radius 3 is 2.83 bits per heavy atom. The summed E-state index contributed by atoms with van der Waals surface area (Å²) in [4.78, 5) is 43.0. The highest BCUT2D eigenvalue weighted by Crippen LogP contribution is 2.26. The van der Waals surface area contributed by atoms with Gasteiger partial charge in [0.15, 0.2) is 16.3 Å². The van der Waals surface area contributed by atoms with Gasteiger partial charge in [-0.25, -0.2) is 15.0 Å². The highest BCUT2D eigenvalue weighted by molar-refractivity contribution is 8.00. The van der Waals surface area contributed by atoms with Gasteiger partial charge in [-0.3, -0.25) is 14.2 Å². The van der Waals surface area contributed by atoms with Crippen molar-refractivity contribution in [2.24, 2.45) is 0 Å². The lowest BCUT2D eigenvalue weighted by molar-refractivity contribution is -0.121. The summed E-state index contributed by atoms with van der Waals surface area (Å²) in [5, 5.41) is 4.54. The van der Waals surface area contributed by atoms with Gasteiger partial charge < -0.3 is 10.3 Å². The molecule has 0 radical (unpaired) electrons. The molecule has 0 aliphatic heterocycles. The third-order valence-corrected chi connectivity index (χ3v) is 8.06. The van der Waals surface area contributed by atoms with E-state index in [9.17, 15) is 9.59 Å². The zero-order chi connectivity index (χ0) is 24.2. The molecule has 5 rings (SSSR count). The van der Waals surface area contributed by atoms with E-state index in [1.165, 1.54) is 30.6 Å². The van der Waals surface area contributed by atoms with E-state index in [1.54, 1.807) is 4.57 Å². The molecule has 1 fully saturated rings. The maximum absolute atomic E-state index is 13.4. The van der Waals surface area contributed by atoms with Crippen molar-refractivity contribution in [3.8, 4) is 0 Å². The molecule has 0 spiro atoms. The van der Waals surface area contributed by atoms with E-state index in [0.29, 0.717) is 30.2 Å². The Hall–Kier alpha value is -3.20. The third-order valence-electron chi connectivity index (χ3n) is 6.70. The predicted molar refractivity (Wildman–Crippen MR) is 139 cm³/mol. The summed E-state index contributed by atoms with van der Waals surface area (Å²) in [6.45, 7) is 2.43. The number of nitrogens with one attached hydrogen (secondary N) is 2. The lowest BCUT2D eigenvalue weighted by Gasteiger charge is -2.25. The molecular formula is C26H30N6O2S. The van der Waals surface area contributed by atoms with Crippen LogP contribution in [0.15, 0.2) is 52.8 Å². The first-order chi connectivity index (χ1) is 17.1. The number of carbonyl (C=O) groups excluding carboxylic acids is 1. The van der Waals surface area contributed by atoms with E-state index in [1.807, 2.05) is 31.3 Å². The first kappa shape index (κ1) is 23.5. The van der Waals surface area contributed by atoms with Crippen LogP contribution in [-0.4, -0.2) is 41.7 Å². The van der Waals surface area contributed by atoms with Crippen LogP contribution in [0.4, 0.5) is 0 Å². The molecule has 1 atom stereocenters. The van der Waals surface area contributed by atoms with Gasteiger partial charge >= 0.3 is 0 Å². The molecule has 1 amide bonds. The number of carbonyl (C=O) groups is 1. The minimum absolute atomic E-state index is 0.0149. The van der Waals surface area contributed by atoms with Crippen molar-refractivity contribution in [3.05, 3.63) is 58.8 Å². The molecular weight excluding hydrogens is 460 g/mol. The zero-order valence-electron chi connectivity index (χ0n) is 19.9. The van der Waals surface area contributed by atoms with E-state index >= 15 is 0 Å². The molecule has 35 heavy (non-hydrogen) atoms. The summed E-state index contributed by atoms with van der Waals surface area (Å²) in [6.07, 6.45) is 11.9. The second-order valence-electron chi connectivity index (χ2n) is 9.05. The highest BCUT2D eigenvalue weighted by Gasteiger charge is 2.25. The number of nitrogens with zero attached hydrogens (tertiary/aromatic N) is 4. The number of H-pyrrole nitrogens is 1. The monoisotopic (exact) mass is 490 g/mol. The smallest absolute Gasteiger partial charge is 0.282 e. The number of thioether (sulfide) groups is 1. The van der Waals surface area contributed by atoms with E-state index < -0.39 is 0 Å². The molecule has 0 bridgehead atoms. The normalized spacial score (nSPS) is 15.5. The predicted octanol–water partition coefficient (Wildman–Crippen LogP) is 4.23. The van der Waals surface area contributed by atoms with Crippen molar-refractivity contribution in [3.63, 3.8) is 0 Å². The fourth-order valence-corrected chi connectivity index (χ4v) is 5.81. The SMILES string of the molecule is CC[C@@H](Sc1nc2nccnc2c(=O)n1CCc1c[nH]c2ccccc12)C(=O)NC1CCCCC1. The number of hydrogen-bond acceptors (Lipinski definition) is 6. The summed E-state index contributed by atoms with van der Waals surface area (Å²) in [7, 11) is 0. The van der Waals surface area contributed by atoms with Gasteiger partial charge in [0.05, 0.1) is 5.25 Å². The van der Waals surface area contributed by atoms with Crippen LogP contribution < -0.4 is 10.9 Å². The average molecular weight is 491 g/mol. The Kier molecular flexibility index (Phi) is 7.13. The maximum Gasteiger partial charge on any atom is 0.282 e. The highest BCUT2D eigenvalue weighted by atomic mass is 32.2. The molecule has 9 heteroatoms. The van der Waals surface area contributed by atoms with Crippen molar-refractivity contribution in [2.75, 3.05) is 0 Å². The Balaban J connectivity index is 1.43. The largest absolute Gasteiger partial charge is 0.361 e. The molecule has 0 saturated heterocycles. The molecule has 1 aromatic carbocycles. The van der Waals surface area contributed by atoms with Gasteiger partial charge in [0.1, 0.15) is 0 Å². The van der Waals surface area contributed by atoms with Crippen LogP contribution >= 0.6 is 11.8 Å². The van der Waals surface area contributed by atoms with Crippen molar-refractivity contribution >= 4 is 39.7 Å². The van der Waals surface area contributed by atoms with Gasteiger partial charge in [0.25, 0.3) is 5.56 Å². The van der Waals surface area contributed by atoms with Crippen LogP contribution in [-0.2, 0) is 17.8 Å². The Morgan fingerprint density at radius 2 is 2.00 bits per heavy atom. The van der Waals surface area contributed by atoms with Gasteiger partial charge in [-0.1, -0.05) is 56.1 Å². The molecule has 1 aliphatic carbocycles. The number of benzene rings is 1. The number of aromatic amines is 1. The minimum atomic E-state index is -0.336. The Bertz CT molecular complexity index is 1390. The average Bonchev–Trinajstić information content (AvgIpc) is 3.30. The van der Waals surface area contributed by atoms with Crippen LogP contribution in [0, 0.1) is 0 Å². The maximum atomic E-state index is 13.4. The van der Waals surface area contributed by atoms with E-state index in [-0.39, 0.29) is 28.3 Å². The molecule has 3 aromatic heterocycles. The minimum Gasteiger partial charge on any atom is -0.361 e. The standard InChI is InChI=1S/C26H30N6O2S/c1-2-21(24(33)30-18-8-4-3-5-9-18)35-26-31-23-22(27-13-14-28-23)25(34)32(26)15-12-17-16-29-20-11-7-6-10-19(17)20/h6-7,10-11,13-14,16,18,21,29H,2-5,8-9,12,15H2,1H3,(H,30,33)/t21-/m1/s1. The van der Waals surface area contributed by atoms with Crippen LogP contribution in [0.2, 0.25) is 0 Å². The number of para-hydroxylation sites is 1. The van der Waals surface area contributed by atoms with E-state index in [2.05, 4.69) is 31.3 Å². The van der Waals surface area contributed by atoms with Crippen molar-refractivity contribution in [1.82, 2.24) is 29.8 Å². The molecule has 4 aromatic rings. The molecule has 0 unspecified atom stereocenters. The topological polar surface area (TPSA) is 106 Å². The first-order valence-corrected chi connectivity index (χ1v) is 13.3. The van der Waals surface area contributed by atoms with Crippen LogP contribution in [0.3, 0.4) is 0 Å². The van der Waals surface area contributed by atoms with Gasteiger partial charge in [-0.15, -0.1) is 0 Å². The summed E-state index contributed by atoms with van der Waals surface area (Å²) in [5.74, 6) is 0.0149. The van der Waals surface area contributed by atoms with E-state index in [4.69, 9.17) is 0 Å². The fourth-order valence-electron chi connectivity index (χ4n) is 4.78. The molecule has 1 saturated carbocycles. The van der Waals surface area contributed by atoms with Crippen LogP contribution in [0.25, 0.3) is 22.1 Å². The van der Waals surface area contributed by atoms with E-state index in [0.717, 1.165) is 42.1 Å². The quantitative estimate of drug-likeness (QED) is 0.283. The first-order valence-electron chi connectivity index (χ1n) is 12.4. The van der Waals surface area contributed by atoms with Crippen molar-refractivity contribution in [1.29, 1.82) is 0 Å². The van der Waals surface area contributed by atoms with Crippen LogP contribution in [0.5, 0.6) is 0 Å². The molecule has 8 nitrogen and oxygen atoms in total. The fraction of sp³-hybridized carbons (Fsp3) is 0.423. The van der Waals surface area contributed by atoms with Crippen molar-refractivity contribution in [2.45, 2.75) is 74.9 Å². The summed E-state index contributed by atoms with van der Waals surface area (Å²) >= 11 is 1.35. The Labute approximate surface area is 208 Å². The second-order valence-corrected chi connectivity index (χ2v) is 10.2. The number of amides is 1.